The molecule has 0 saturated heterocycles. The molecule has 0 spiro atoms. The third-order valence-corrected chi connectivity index (χ3v) is 4.74. The van der Waals surface area contributed by atoms with Crippen LogP contribution in [0.3, 0.4) is 0 Å². The Morgan fingerprint density at radius 3 is 2.05 bits per heavy atom. The molecule has 0 bridgehead atoms. The van der Waals surface area contributed by atoms with Crippen molar-refractivity contribution in [1.82, 2.24) is 0 Å². The molecule has 1 aliphatic rings. The molecule has 1 saturated carbocycles. The summed E-state index contributed by atoms with van der Waals surface area (Å²) in [6, 6.07) is 0. The molecular formula is C19H36O2. The Kier molecular flexibility index (Phi) is 5.91. The summed E-state index contributed by atoms with van der Waals surface area (Å²) >= 11 is 0. The van der Waals surface area contributed by atoms with Crippen LogP contribution in [0.2, 0.25) is 0 Å². The standard InChI is InChI=1S/C19H36O2/c1-8-19(11-9-10-12-19)21-16(20)18(7,13-15(2)3)14-17(4,5)6/h15H,8-14H2,1-7H3. The van der Waals surface area contributed by atoms with Crippen molar-refractivity contribution in [1.29, 1.82) is 0 Å². The third kappa shape index (κ3) is 5.30. The largest absolute Gasteiger partial charge is 0.459 e. The van der Waals surface area contributed by atoms with Crippen molar-refractivity contribution in [2.75, 3.05) is 0 Å². The minimum Gasteiger partial charge on any atom is -0.459 e. The van der Waals surface area contributed by atoms with E-state index in [0.29, 0.717) is 5.92 Å². The van der Waals surface area contributed by atoms with Crippen LogP contribution in [0.15, 0.2) is 0 Å². The van der Waals surface area contributed by atoms with E-state index in [4.69, 9.17) is 4.74 Å². The van der Waals surface area contributed by atoms with E-state index < -0.39 is 0 Å². The molecule has 0 heterocycles. The maximum atomic E-state index is 13.0. The summed E-state index contributed by atoms with van der Waals surface area (Å²) in [5, 5.41) is 0. The SMILES string of the molecule is CCC1(OC(=O)C(C)(CC(C)C)CC(C)(C)C)CCCC1. The van der Waals surface area contributed by atoms with E-state index in [0.717, 1.165) is 32.1 Å². The van der Waals surface area contributed by atoms with Gasteiger partial charge in [0.2, 0.25) is 0 Å². The van der Waals surface area contributed by atoms with Crippen LogP contribution < -0.4 is 0 Å². The second-order valence-corrected chi connectivity index (χ2v) is 9.03. The third-order valence-electron chi connectivity index (χ3n) is 4.74. The van der Waals surface area contributed by atoms with E-state index in [9.17, 15) is 4.79 Å². The number of carbonyl (C=O) groups excluding carboxylic acids is 1. The molecule has 1 atom stereocenters. The van der Waals surface area contributed by atoms with Gasteiger partial charge in [-0.1, -0.05) is 41.5 Å². The van der Waals surface area contributed by atoms with Crippen LogP contribution in [0.25, 0.3) is 0 Å². The molecule has 1 unspecified atom stereocenters. The van der Waals surface area contributed by atoms with Crippen molar-refractivity contribution in [3.05, 3.63) is 0 Å². The van der Waals surface area contributed by atoms with Gasteiger partial charge in [-0.25, -0.2) is 0 Å². The molecule has 0 aromatic heterocycles. The molecule has 0 radical (unpaired) electrons. The molecule has 2 heteroatoms. The summed E-state index contributed by atoms with van der Waals surface area (Å²) in [5.41, 5.74) is -0.401. The lowest BCUT2D eigenvalue weighted by molar-refractivity contribution is -0.174. The maximum Gasteiger partial charge on any atom is 0.312 e. The fourth-order valence-electron chi connectivity index (χ4n) is 4.17. The summed E-state index contributed by atoms with van der Waals surface area (Å²) < 4.78 is 6.12. The van der Waals surface area contributed by atoms with Crippen molar-refractivity contribution in [2.45, 2.75) is 99.0 Å². The van der Waals surface area contributed by atoms with Gasteiger partial charge in [0.1, 0.15) is 5.60 Å². The molecule has 124 valence electrons. The fourth-order valence-corrected chi connectivity index (χ4v) is 4.17. The zero-order valence-corrected chi connectivity index (χ0v) is 15.3. The van der Waals surface area contributed by atoms with E-state index >= 15 is 0 Å². The Labute approximate surface area is 132 Å². The Balaban J connectivity index is 2.89. The molecule has 1 rings (SSSR count). The number of hydrogen-bond acceptors (Lipinski definition) is 2. The number of hydrogen-bond donors (Lipinski definition) is 0. The fraction of sp³-hybridized carbons (Fsp3) is 0.947. The lowest BCUT2D eigenvalue weighted by Gasteiger charge is -2.38. The van der Waals surface area contributed by atoms with Crippen LogP contribution in [0.5, 0.6) is 0 Å². The monoisotopic (exact) mass is 296 g/mol. The van der Waals surface area contributed by atoms with E-state index in [-0.39, 0.29) is 22.4 Å². The van der Waals surface area contributed by atoms with Gasteiger partial charge in [0.25, 0.3) is 0 Å². The van der Waals surface area contributed by atoms with Gasteiger partial charge in [0, 0.05) is 0 Å². The first-order valence-electron chi connectivity index (χ1n) is 8.75. The summed E-state index contributed by atoms with van der Waals surface area (Å²) in [6.45, 7) is 15.3. The second-order valence-electron chi connectivity index (χ2n) is 9.03. The van der Waals surface area contributed by atoms with Gasteiger partial charge >= 0.3 is 5.97 Å². The van der Waals surface area contributed by atoms with Gasteiger partial charge < -0.3 is 4.74 Å². The topological polar surface area (TPSA) is 26.3 Å². The predicted octanol–water partition coefficient (Wildman–Crippen LogP) is 5.74. The zero-order chi connectivity index (χ0) is 16.3. The van der Waals surface area contributed by atoms with Gasteiger partial charge in [-0.15, -0.1) is 0 Å². The number of ether oxygens (including phenoxy) is 1. The number of rotatable bonds is 6. The lowest BCUT2D eigenvalue weighted by atomic mass is 9.71. The van der Waals surface area contributed by atoms with Gasteiger partial charge in [-0.3, -0.25) is 4.79 Å². The highest BCUT2D eigenvalue weighted by Gasteiger charge is 2.44. The Morgan fingerprint density at radius 2 is 1.67 bits per heavy atom. The highest BCUT2D eigenvalue weighted by Crippen LogP contribution is 2.43. The van der Waals surface area contributed by atoms with Crippen LogP contribution in [0.1, 0.15) is 93.4 Å². The van der Waals surface area contributed by atoms with Gasteiger partial charge in [0.05, 0.1) is 5.41 Å². The first-order chi connectivity index (χ1) is 9.52. The van der Waals surface area contributed by atoms with Crippen LogP contribution in [0, 0.1) is 16.7 Å². The molecule has 0 N–H and O–H groups in total. The molecule has 2 nitrogen and oxygen atoms in total. The molecule has 0 aromatic carbocycles. The van der Waals surface area contributed by atoms with E-state index in [1.807, 2.05) is 0 Å². The summed E-state index contributed by atoms with van der Waals surface area (Å²) in [5.74, 6) is 0.543. The summed E-state index contributed by atoms with van der Waals surface area (Å²) in [7, 11) is 0. The average molecular weight is 296 g/mol. The average Bonchev–Trinajstić information content (AvgIpc) is 2.74. The van der Waals surface area contributed by atoms with Gasteiger partial charge in [-0.05, 0) is 63.2 Å². The van der Waals surface area contributed by atoms with Gasteiger partial charge in [0.15, 0.2) is 0 Å². The molecule has 1 aliphatic carbocycles. The van der Waals surface area contributed by atoms with Crippen molar-refractivity contribution in [3.8, 4) is 0 Å². The lowest BCUT2D eigenvalue weighted by Crippen LogP contribution is -2.41. The van der Waals surface area contributed by atoms with E-state index in [2.05, 4.69) is 48.5 Å². The van der Waals surface area contributed by atoms with Crippen LogP contribution >= 0.6 is 0 Å². The summed E-state index contributed by atoms with van der Waals surface area (Å²) in [6.07, 6.45) is 7.22. The second kappa shape index (κ2) is 6.71. The first-order valence-corrected chi connectivity index (χ1v) is 8.75. The first kappa shape index (κ1) is 18.5. The van der Waals surface area contributed by atoms with Gasteiger partial charge in [-0.2, -0.15) is 0 Å². The molecule has 0 aromatic rings. The molecule has 21 heavy (non-hydrogen) atoms. The van der Waals surface area contributed by atoms with Crippen molar-refractivity contribution in [3.63, 3.8) is 0 Å². The molecular weight excluding hydrogens is 260 g/mol. The van der Waals surface area contributed by atoms with Crippen molar-refractivity contribution in [2.24, 2.45) is 16.7 Å². The molecule has 1 fully saturated rings. The minimum absolute atomic E-state index is 0.0369. The predicted molar refractivity (Wildman–Crippen MR) is 89.2 cm³/mol. The highest BCUT2D eigenvalue weighted by atomic mass is 16.6. The van der Waals surface area contributed by atoms with Crippen molar-refractivity contribution < 1.29 is 9.53 Å². The Morgan fingerprint density at radius 1 is 1.14 bits per heavy atom. The normalized spacial score (nSPS) is 21.3. The van der Waals surface area contributed by atoms with Crippen LogP contribution in [0.4, 0.5) is 0 Å². The molecule has 0 amide bonds. The quantitative estimate of drug-likeness (QED) is 0.584. The molecule has 0 aliphatic heterocycles. The van der Waals surface area contributed by atoms with E-state index in [1.165, 1.54) is 12.8 Å². The minimum atomic E-state index is -0.364. The number of esters is 1. The van der Waals surface area contributed by atoms with Crippen molar-refractivity contribution >= 4 is 5.97 Å². The van der Waals surface area contributed by atoms with Crippen LogP contribution in [-0.4, -0.2) is 11.6 Å². The summed E-state index contributed by atoms with van der Waals surface area (Å²) in [4.78, 5) is 13.0. The highest BCUT2D eigenvalue weighted by molar-refractivity contribution is 5.77. The zero-order valence-electron chi connectivity index (χ0n) is 15.3. The smallest absolute Gasteiger partial charge is 0.312 e. The Hall–Kier alpha value is -0.530. The van der Waals surface area contributed by atoms with Crippen LogP contribution in [-0.2, 0) is 9.53 Å². The Bertz CT molecular complexity index is 345. The number of carbonyl (C=O) groups is 1. The maximum absolute atomic E-state index is 13.0. The van der Waals surface area contributed by atoms with E-state index in [1.54, 1.807) is 0 Å².